The number of nitrogens with two attached hydrogens (primary N) is 1. The Bertz CT molecular complexity index is 1290. The zero-order valence-corrected chi connectivity index (χ0v) is 27.0. The van der Waals surface area contributed by atoms with Crippen LogP contribution >= 0.6 is 0 Å². The summed E-state index contributed by atoms with van der Waals surface area (Å²) in [5.74, 6) is 0.542. The first-order chi connectivity index (χ1) is 20.2. The van der Waals surface area contributed by atoms with Crippen LogP contribution in [0.15, 0.2) is 139 Å². The minimum Gasteiger partial charge on any atom is -0.388 e. The number of allylic oxidation sites excluding steroid dienone is 1. The molecule has 4 rings (SSSR count). The van der Waals surface area contributed by atoms with Crippen LogP contribution in [0.4, 0.5) is 0 Å². The van der Waals surface area contributed by atoms with Crippen LogP contribution < -0.4 is 5.73 Å². The molecule has 0 aliphatic carbocycles. The lowest BCUT2D eigenvalue weighted by atomic mass is 9.78. The standard InChI is InChI=1S/C18H20N2.C11H14.C9H12.C2H6/c1-14(2)18(20-15(3)19,16-10-6-4-7-11-16)17-12-8-5-9-13-17;1-4-10-6-5-7-11(8-10)9(2)3;1-2-6-9-7-4-3-5-8-9;1-2/h4-13H,1H2,2-3H3,(H2,19,20);5-8H,2,4H2,1,3H3;3-5,7-8H,2,6H2,1H3;1-2H3. The molecule has 4 aromatic carbocycles. The van der Waals surface area contributed by atoms with Gasteiger partial charge in [0.25, 0.3) is 0 Å². The van der Waals surface area contributed by atoms with Gasteiger partial charge in [-0.2, -0.15) is 0 Å². The van der Waals surface area contributed by atoms with Gasteiger partial charge in [0, 0.05) is 0 Å². The molecular weight excluding hydrogens is 508 g/mol. The lowest BCUT2D eigenvalue weighted by Crippen LogP contribution is -2.29. The molecule has 222 valence electrons. The van der Waals surface area contributed by atoms with Gasteiger partial charge in [0.2, 0.25) is 0 Å². The van der Waals surface area contributed by atoms with Gasteiger partial charge in [0.05, 0.1) is 5.84 Å². The number of rotatable bonds is 8. The van der Waals surface area contributed by atoms with Gasteiger partial charge in [-0.05, 0) is 67.0 Å². The molecule has 0 bridgehead atoms. The lowest BCUT2D eigenvalue weighted by molar-refractivity contribution is 0.640. The Kier molecular flexibility index (Phi) is 16.9. The van der Waals surface area contributed by atoms with Gasteiger partial charge in [-0.25, -0.2) is 0 Å². The zero-order valence-electron chi connectivity index (χ0n) is 27.0. The van der Waals surface area contributed by atoms with Crippen LogP contribution in [0, 0.1) is 0 Å². The van der Waals surface area contributed by atoms with Crippen molar-refractivity contribution in [2.75, 3.05) is 0 Å². The molecule has 0 unspecified atom stereocenters. The van der Waals surface area contributed by atoms with Gasteiger partial charge in [0.15, 0.2) is 0 Å². The van der Waals surface area contributed by atoms with E-state index in [4.69, 9.17) is 10.7 Å². The van der Waals surface area contributed by atoms with Gasteiger partial charge >= 0.3 is 0 Å². The maximum Gasteiger partial charge on any atom is 0.133 e. The van der Waals surface area contributed by atoms with Crippen molar-refractivity contribution < 1.29 is 0 Å². The summed E-state index contributed by atoms with van der Waals surface area (Å²) >= 11 is 0. The molecule has 0 aliphatic heterocycles. The molecule has 2 heteroatoms. The molecule has 2 nitrogen and oxygen atoms in total. The fraction of sp³-hybridized carbons (Fsp3) is 0.275. The average molecular weight is 561 g/mol. The summed E-state index contributed by atoms with van der Waals surface area (Å²) in [7, 11) is 0. The van der Waals surface area contributed by atoms with Crippen molar-refractivity contribution in [2.24, 2.45) is 10.7 Å². The Morgan fingerprint density at radius 1 is 0.667 bits per heavy atom. The SMILES string of the molecule is C=C(C)C(N=C(C)N)(c1ccccc1)c1ccccc1.C=C(C)c1cccc(CC)c1.CC.CCCc1ccccc1. The van der Waals surface area contributed by atoms with Crippen molar-refractivity contribution in [3.05, 3.63) is 162 Å². The fourth-order valence-electron chi connectivity index (χ4n) is 4.50. The Morgan fingerprint density at radius 3 is 1.50 bits per heavy atom. The average Bonchev–Trinajstić information content (AvgIpc) is 3.03. The summed E-state index contributed by atoms with van der Waals surface area (Å²) in [6.45, 7) is 22.3. The maximum absolute atomic E-state index is 5.90. The van der Waals surface area contributed by atoms with Crippen LogP contribution in [0.2, 0.25) is 0 Å². The third-order valence-corrected chi connectivity index (χ3v) is 6.55. The van der Waals surface area contributed by atoms with E-state index < -0.39 is 5.54 Å². The third-order valence-electron chi connectivity index (χ3n) is 6.55. The van der Waals surface area contributed by atoms with E-state index in [1.807, 2.05) is 71.0 Å². The molecule has 0 amide bonds. The normalized spacial score (nSPS) is 10.5. The van der Waals surface area contributed by atoms with Crippen molar-refractivity contribution >= 4 is 11.4 Å². The summed E-state index contributed by atoms with van der Waals surface area (Å²) in [5.41, 5.74) is 13.6. The number of hydrogen-bond acceptors (Lipinski definition) is 1. The van der Waals surface area contributed by atoms with E-state index in [-0.39, 0.29) is 0 Å². The van der Waals surface area contributed by atoms with Crippen molar-refractivity contribution in [1.82, 2.24) is 0 Å². The predicted octanol–water partition coefficient (Wildman–Crippen LogP) is 10.8. The van der Waals surface area contributed by atoms with Crippen LogP contribution in [0.5, 0.6) is 0 Å². The first kappa shape index (κ1) is 35.9. The number of aliphatic imine (C=N–C) groups is 1. The summed E-state index contributed by atoms with van der Waals surface area (Å²) in [4.78, 5) is 4.74. The van der Waals surface area contributed by atoms with E-state index in [2.05, 4.69) is 106 Å². The quantitative estimate of drug-likeness (QED) is 0.130. The van der Waals surface area contributed by atoms with E-state index in [0.29, 0.717) is 5.84 Å². The van der Waals surface area contributed by atoms with Crippen molar-refractivity contribution in [3.8, 4) is 0 Å². The van der Waals surface area contributed by atoms with E-state index in [9.17, 15) is 0 Å². The smallest absolute Gasteiger partial charge is 0.133 e. The molecule has 42 heavy (non-hydrogen) atoms. The molecule has 4 aromatic rings. The van der Waals surface area contributed by atoms with Crippen LogP contribution in [0.1, 0.15) is 82.7 Å². The lowest BCUT2D eigenvalue weighted by Gasteiger charge is -2.32. The second-order valence-electron chi connectivity index (χ2n) is 10.0. The Labute approximate surface area is 256 Å². The number of benzene rings is 4. The molecule has 0 radical (unpaired) electrons. The monoisotopic (exact) mass is 560 g/mol. The number of amidine groups is 1. The van der Waals surface area contributed by atoms with E-state index >= 15 is 0 Å². The van der Waals surface area contributed by atoms with Crippen molar-refractivity contribution in [1.29, 1.82) is 0 Å². The van der Waals surface area contributed by atoms with Gasteiger partial charge < -0.3 is 5.73 Å². The molecule has 0 fully saturated rings. The van der Waals surface area contributed by atoms with E-state index in [1.165, 1.54) is 29.5 Å². The minimum absolute atomic E-state index is 0.542. The van der Waals surface area contributed by atoms with Crippen LogP contribution in [0.3, 0.4) is 0 Å². The molecule has 0 spiro atoms. The van der Waals surface area contributed by atoms with E-state index in [0.717, 1.165) is 28.7 Å². The van der Waals surface area contributed by atoms with Crippen LogP contribution in [-0.4, -0.2) is 5.84 Å². The molecule has 0 aliphatic rings. The molecule has 2 N–H and O–H groups in total. The second-order valence-corrected chi connectivity index (χ2v) is 10.0. The highest BCUT2D eigenvalue weighted by atomic mass is 14.9. The van der Waals surface area contributed by atoms with Crippen LogP contribution in [0.25, 0.3) is 5.57 Å². The largest absolute Gasteiger partial charge is 0.388 e. The molecule has 0 heterocycles. The Hall–Kier alpha value is -4.17. The van der Waals surface area contributed by atoms with Gasteiger partial charge in [-0.3, -0.25) is 4.99 Å². The molecule has 0 atom stereocenters. The van der Waals surface area contributed by atoms with E-state index in [1.54, 1.807) is 0 Å². The highest BCUT2D eigenvalue weighted by Crippen LogP contribution is 2.39. The predicted molar refractivity (Wildman–Crippen MR) is 188 cm³/mol. The summed E-state index contributed by atoms with van der Waals surface area (Å²) in [6, 6.07) is 39.4. The van der Waals surface area contributed by atoms with Gasteiger partial charge in [-0.15, -0.1) is 0 Å². The van der Waals surface area contributed by atoms with Crippen molar-refractivity contribution in [2.45, 2.75) is 73.3 Å². The molecule has 0 saturated heterocycles. The molecular formula is C40H52N2. The van der Waals surface area contributed by atoms with Crippen molar-refractivity contribution in [3.63, 3.8) is 0 Å². The summed E-state index contributed by atoms with van der Waals surface area (Å²) in [5, 5.41) is 0. The Balaban J connectivity index is 0.000000337. The maximum atomic E-state index is 5.90. The molecule has 0 aromatic heterocycles. The molecule has 0 saturated carbocycles. The Morgan fingerprint density at radius 2 is 1.12 bits per heavy atom. The third kappa shape index (κ3) is 11.4. The highest BCUT2D eigenvalue weighted by Gasteiger charge is 2.34. The second kappa shape index (κ2) is 19.8. The zero-order chi connectivity index (χ0) is 31.4. The van der Waals surface area contributed by atoms with Crippen LogP contribution in [-0.2, 0) is 18.4 Å². The summed E-state index contributed by atoms with van der Waals surface area (Å²) < 4.78 is 0. The number of hydrogen-bond donors (Lipinski definition) is 1. The number of nitrogens with zero attached hydrogens (tertiary/aromatic N) is 1. The first-order valence-electron chi connectivity index (χ1n) is 15.1. The highest BCUT2D eigenvalue weighted by molar-refractivity contribution is 5.79. The fourth-order valence-corrected chi connectivity index (χ4v) is 4.50. The topological polar surface area (TPSA) is 38.4 Å². The first-order valence-corrected chi connectivity index (χ1v) is 15.1. The van der Waals surface area contributed by atoms with Gasteiger partial charge in [-0.1, -0.05) is 168 Å². The minimum atomic E-state index is -0.624. The summed E-state index contributed by atoms with van der Waals surface area (Å²) in [6.07, 6.45) is 3.55. The number of aryl methyl sites for hydroxylation is 2. The van der Waals surface area contributed by atoms with Gasteiger partial charge in [0.1, 0.15) is 5.54 Å².